The minimum Gasteiger partial charge on any atom is -0.394 e. The maximum Gasteiger partial charge on any atom is 0.251 e. The second-order valence-corrected chi connectivity index (χ2v) is 4.42. The third-order valence-corrected chi connectivity index (χ3v) is 2.54. The minimum atomic E-state index is -0.181. The number of nitrogens with one attached hydrogen (secondary N) is 1. The molecule has 0 fully saturated rings. The summed E-state index contributed by atoms with van der Waals surface area (Å²) in [7, 11) is 0. The molecule has 0 aromatic heterocycles. The zero-order valence-corrected chi connectivity index (χ0v) is 11.4. The van der Waals surface area contributed by atoms with Crippen LogP contribution in [0.3, 0.4) is 0 Å². The number of carbonyl (C=O) groups is 1. The SMILES string of the molecule is NC(=S)Cc1ccccc1C(=O)NCCOCCO. The van der Waals surface area contributed by atoms with Gasteiger partial charge in [-0.3, -0.25) is 4.79 Å². The lowest BCUT2D eigenvalue weighted by Crippen LogP contribution is -2.29. The quantitative estimate of drug-likeness (QED) is 0.470. The van der Waals surface area contributed by atoms with E-state index in [0.717, 1.165) is 5.56 Å². The fraction of sp³-hybridized carbons (Fsp3) is 0.385. The molecule has 0 spiro atoms. The molecule has 0 bridgehead atoms. The van der Waals surface area contributed by atoms with Crippen molar-refractivity contribution < 1.29 is 14.6 Å². The number of hydrogen-bond donors (Lipinski definition) is 3. The Morgan fingerprint density at radius 2 is 2.11 bits per heavy atom. The topological polar surface area (TPSA) is 84.6 Å². The van der Waals surface area contributed by atoms with Gasteiger partial charge in [0.25, 0.3) is 5.91 Å². The Balaban J connectivity index is 2.54. The van der Waals surface area contributed by atoms with Crippen molar-refractivity contribution in [2.75, 3.05) is 26.4 Å². The molecule has 1 aromatic carbocycles. The van der Waals surface area contributed by atoms with E-state index in [1.54, 1.807) is 12.1 Å². The van der Waals surface area contributed by atoms with E-state index in [4.69, 9.17) is 27.8 Å². The van der Waals surface area contributed by atoms with Crippen LogP contribution in [0, 0.1) is 0 Å². The zero-order valence-electron chi connectivity index (χ0n) is 10.6. The first kappa shape index (κ1) is 15.6. The highest BCUT2D eigenvalue weighted by atomic mass is 32.1. The van der Waals surface area contributed by atoms with Crippen molar-refractivity contribution in [3.8, 4) is 0 Å². The maximum absolute atomic E-state index is 12.0. The lowest BCUT2D eigenvalue weighted by molar-refractivity contribution is 0.0837. The van der Waals surface area contributed by atoms with Gasteiger partial charge in [-0.2, -0.15) is 0 Å². The number of rotatable bonds is 8. The summed E-state index contributed by atoms with van der Waals surface area (Å²) in [6.45, 7) is 1.00. The lowest BCUT2D eigenvalue weighted by Gasteiger charge is -2.09. The summed E-state index contributed by atoms with van der Waals surface area (Å²) in [6, 6.07) is 7.20. The predicted octanol–water partition coefficient (Wildman–Crippen LogP) is 0.254. The van der Waals surface area contributed by atoms with Gasteiger partial charge in [-0.25, -0.2) is 0 Å². The number of carbonyl (C=O) groups excluding carboxylic acids is 1. The number of aliphatic hydroxyl groups is 1. The third-order valence-electron chi connectivity index (χ3n) is 2.39. The molecule has 5 nitrogen and oxygen atoms in total. The van der Waals surface area contributed by atoms with Gasteiger partial charge in [0.1, 0.15) is 0 Å². The van der Waals surface area contributed by atoms with E-state index < -0.39 is 0 Å². The summed E-state index contributed by atoms with van der Waals surface area (Å²) in [6.07, 6.45) is 0.403. The van der Waals surface area contributed by atoms with Crippen molar-refractivity contribution >= 4 is 23.1 Å². The van der Waals surface area contributed by atoms with Crippen LogP contribution in [0.5, 0.6) is 0 Å². The average molecular weight is 282 g/mol. The Bertz CT molecular complexity index is 438. The second kappa shape index (κ2) is 8.58. The Hall–Kier alpha value is -1.50. The minimum absolute atomic E-state index is 0.0231. The van der Waals surface area contributed by atoms with E-state index >= 15 is 0 Å². The maximum atomic E-state index is 12.0. The third kappa shape index (κ3) is 5.78. The highest BCUT2D eigenvalue weighted by molar-refractivity contribution is 7.80. The molecule has 1 aromatic rings. The van der Waals surface area contributed by atoms with Crippen molar-refractivity contribution in [3.05, 3.63) is 35.4 Å². The number of thiocarbonyl (C=S) groups is 1. The summed E-state index contributed by atoms with van der Waals surface area (Å²) in [5.41, 5.74) is 6.88. The molecule has 1 amide bonds. The van der Waals surface area contributed by atoms with E-state index in [1.807, 2.05) is 12.1 Å². The lowest BCUT2D eigenvalue weighted by atomic mass is 10.0. The van der Waals surface area contributed by atoms with Gasteiger partial charge in [-0.1, -0.05) is 30.4 Å². The van der Waals surface area contributed by atoms with Crippen molar-refractivity contribution in [1.82, 2.24) is 5.32 Å². The Morgan fingerprint density at radius 3 is 2.79 bits per heavy atom. The molecule has 0 aliphatic carbocycles. The Labute approximate surface area is 117 Å². The number of nitrogens with two attached hydrogens (primary N) is 1. The van der Waals surface area contributed by atoms with Crippen molar-refractivity contribution in [3.63, 3.8) is 0 Å². The zero-order chi connectivity index (χ0) is 14.1. The number of hydrogen-bond acceptors (Lipinski definition) is 4. The van der Waals surface area contributed by atoms with Gasteiger partial charge in [0.2, 0.25) is 0 Å². The van der Waals surface area contributed by atoms with E-state index in [0.29, 0.717) is 30.1 Å². The van der Waals surface area contributed by atoms with Crippen LogP contribution in [0.1, 0.15) is 15.9 Å². The van der Waals surface area contributed by atoms with Gasteiger partial charge < -0.3 is 20.9 Å². The Kier molecular flexibility index (Phi) is 7.02. The summed E-state index contributed by atoms with van der Waals surface area (Å²) in [5.74, 6) is -0.181. The molecule has 0 atom stereocenters. The number of benzene rings is 1. The molecule has 0 aliphatic heterocycles. The molecule has 104 valence electrons. The number of aliphatic hydroxyl groups excluding tert-OH is 1. The van der Waals surface area contributed by atoms with Gasteiger partial charge in [-0.15, -0.1) is 0 Å². The van der Waals surface area contributed by atoms with Gasteiger partial charge >= 0.3 is 0 Å². The highest BCUT2D eigenvalue weighted by Crippen LogP contribution is 2.09. The molecule has 0 aliphatic rings. The monoisotopic (exact) mass is 282 g/mol. The van der Waals surface area contributed by atoms with E-state index in [1.165, 1.54) is 0 Å². The molecule has 6 heteroatoms. The molecule has 19 heavy (non-hydrogen) atoms. The van der Waals surface area contributed by atoms with Crippen LogP contribution < -0.4 is 11.1 Å². The van der Waals surface area contributed by atoms with Crippen LogP contribution >= 0.6 is 12.2 Å². The van der Waals surface area contributed by atoms with Crippen molar-refractivity contribution in [1.29, 1.82) is 0 Å². The molecule has 0 unspecified atom stereocenters. The molecule has 1 rings (SSSR count). The van der Waals surface area contributed by atoms with Crippen LogP contribution in [-0.2, 0) is 11.2 Å². The van der Waals surface area contributed by atoms with Crippen LogP contribution in [0.15, 0.2) is 24.3 Å². The summed E-state index contributed by atoms with van der Waals surface area (Å²) < 4.78 is 5.06. The predicted molar refractivity (Wildman–Crippen MR) is 77.2 cm³/mol. The summed E-state index contributed by atoms with van der Waals surface area (Å²) in [4.78, 5) is 12.3. The van der Waals surface area contributed by atoms with Crippen molar-refractivity contribution in [2.24, 2.45) is 5.73 Å². The van der Waals surface area contributed by atoms with Crippen LogP contribution in [0.4, 0.5) is 0 Å². The smallest absolute Gasteiger partial charge is 0.251 e. The average Bonchev–Trinajstić information content (AvgIpc) is 2.38. The first-order valence-electron chi connectivity index (χ1n) is 5.98. The van der Waals surface area contributed by atoms with Gasteiger partial charge in [0.15, 0.2) is 0 Å². The normalized spacial score (nSPS) is 10.2. The second-order valence-electron chi connectivity index (χ2n) is 3.89. The van der Waals surface area contributed by atoms with E-state index in [9.17, 15) is 4.79 Å². The summed E-state index contributed by atoms with van der Waals surface area (Å²) >= 11 is 4.86. The fourth-order valence-electron chi connectivity index (χ4n) is 1.58. The van der Waals surface area contributed by atoms with E-state index in [-0.39, 0.29) is 19.1 Å². The first-order chi connectivity index (χ1) is 9.15. The summed E-state index contributed by atoms with van der Waals surface area (Å²) in [5, 5.41) is 11.3. The van der Waals surface area contributed by atoms with Gasteiger partial charge in [0.05, 0.1) is 24.8 Å². The molecular weight excluding hydrogens is 264 g/mol. The van der Waals surface area contributed by atoms with Gasteiger partial charge in [-0.05, 0) is 11.6 Å². The molecule has 0 heterocycles. The Morgan fingerprint density at radius 1 is 1.37 bits per heavy atom. The molecule has 0 radical (unpaired) electrons. The van der Waals surface area contributed by atoms with Crippen LogP contribution in [0.25, 0.3) is 0 Å². The van der Waals surface area contributed by atoms with E-state index in [2.05, 4.69) is 5.32 Å². The molecule has 0 saturated heterocycles. The number of amides is 1. The largest absolute Gasteiger partial charge is 0.394 e. The van der Waals surface area contributed by atoms with Gasteiger partial charge in [0, 0.05) is 18.5 Å². The van der Waals surface area contributed by atoms with Crippen LogP contribution in [-0.4, -0.2) is 42.4 Å². The van der Waals surface area contributed by atoms with Crippen molar-refractivity contribution in [2.45, 2.75) is 6.42 Å². The number of ether oxygens (including phenoxy) is 1. The molecular formula is C13H18N2O3S. The molecule has 0 saturated carbocycles. The fourth-order valence-corrected chi connectivity index (χ4v) is 1.74. The molecule has 4 N–H and O–H groups in total. The standard InChI is InChI=1S/C13H18N2O3S/c14-12(19)9-10-3-1-2-4-11(10)13(17)15-5-7-18-8-6-16/h1-4,16H,5-9H2,(H2,14,19)(H,15,17). The highest BCUT2D eigenvalue weighted by Gasteiger charge is 2.10. The van der Waals surface area contributed by atoms with Crippen LogP contribution in [0.2, 0.25) is 0 Å². The first-order valence-corrected chi connectivity index (χ1v) is 6.39.